The Bertz CT molecular complexity index is 1820. The van der Waals surface area contributed by atoms with Gasteiger partial charge in [0.2, 0.25) is 0 Å². The van der Waals surface area contributed by atoms with Crippen molar-refractivity contribution < 1.29 is 52.7 Å². The number of allylic oxidation sites excluding steroid dienone is 1. The van der Waals surface area contributed by atoms with Crippen molar-refractivity contribution in [2.24, 2.45) is 28.8 Å². The van der Waals surface area contributed by atoms with Gasteiger partial charge in [-0.25, -0.2) is 14.8 Å². The number of nitrogens with zero attached hydrogens (tertiary/aromatic N) is 4. The molecule has 0 radical (unpaired) electrons. The zero-order valence-electron chi connectivity index (χ0n) is 37.4. The highest BCUT2D eigenvalue weighted by atomic mass is 35.5. The lowest BCUT2D eigenvalue weighted by atomic mass is 9.73. The molecule has 3 fully saturated rings. The monoisotopic (exact) mass is 872 g/mol. The van der Waals surface area contributed by atoms with Crippen molar-refractivity contribution in [3.05, 3.63) is 71.5 Å². The Hall–Kier alpha value is -3.86. The van der Waals surface area contributed by atoms with E-state index in [1.165, 1.54) is 6.33 Å². The lowest BCUT2D eigenvalue weighted by Crippen LogP contribution is -2.60. The summed E-state index contributed by atoms with van der Waals surface area (Å²) in [5.41, 5.74) is -0.414. The zero-order valence-corrected chi connectivity index (χ0v) is 38.1. The number of aliphatic hydroxyl groups excluding tert-OH is 1. The number of carbonyl (C=O) groups excluding carboxylic acids is 2. The number of carbonyl (C=O) groups is 2. The molecule has 338 valence electrons. The molecular weight excluding hydrogens is 808 g/mol. The summed E-state index contributed by atoms with van der Waals surface area (Å²) in [5, 5.41) is 17.0. The first-order valence-corrected chi connectivity index (χ1v) is 21.6. The highest BCUT2D eigenvalue weighted by Crippen LogP contribution is 2.43. The van der Waals surface area contributed by atoms with Crippen molar-refractivity contribution in [2.75, 3.05) is 21.2 Å². The first-order chi connectivity index (χ1) is 28.9. The Morgan fingerprint density at radius 3 is 2.41 bits per heavy atom. The first kappa shape index (κ1) is 48.2. The van der Waals surface area contributed by atoms with E-state index in [4.69, 9.17) is 54.8 Å². The Labute approximate surface area is 365 Å². The van der Waals surface area contributed by atoms with E-state index < -0.39 is 83.8 Å². The number of fused-ring (bicyclic) bond motifs is 1. The van der Waals surface area contributed by atoms with Gasteiger partial charge >= 0.3 is 12.1 Å². The molecule has 0 amide bonds. The summed E-state index contributed by atoms with van der Waals surface area (Å²) in [5.74, 6) is -3.10. The topological polar surface area (TPSA) is 170 Å². The van der Waals surface area contributed by atoms with Gasteiger partial charge < -0.3 is 48.0 Å². The third-order valence-electron chi connectivity index (χ3n) is 12.6. The maximum atomic E-state index is 14.5. The number of esters is 1. The van der Waals surface area contributed by atoms with Crippen LogP contribution in [0.1, 0.15) is 85.8 Å². The lowest BCUT2D eigenvalue weighted by Gasteiger charge is -2.48. The Kier molecular flexibility index (Phi) is 16.6. The summed E-state index contributed by atoms with van der Waals surface area (Å²) in [6.07, 6.45) is 3.14. The van der Waals surface area contributed by atoms with Crippen LogP contribution in [0.25, 0.3) is 0 Å². The number of hydrogen-bond acceptors (Lipinski definition) is 15. The average molecular weight is 873 g/mol. The van der Waals surface area contributed by atoms with Crippen LogP contribution in [0.5, 0.6) is 0 Å². The molecule has 1 aromatic carbocycles. The quantitative estimate of drug-likeness (QED) is 0.132. The number of benzene rings is 1. The second-order valence-electron chi connectivity index (χ2n) is 17.4. The molecule has 0 bridgehead atoms. The molecule has 0 unspecified atom stereocenters. The van der Waals surface area contributed by atoms with Gasteiger partial charge in [0.1, 0.15) is 31.2 Å². The normalized spacial score (nSPS) is 37.1. The summed E-state index contributed by atoms with van der Waals surface area (Å²) < 4.78 is 44.6. The third kappa shape index (κ3) is 11.2. The van der Waals surface area contributed by atoms with E-state index in [0.29, 0.717) is 30.0 Å². The van der Waals surface area contributed by atoms with Crippen molar-refractivity contribution in [1.82, 2.24) is 14.9 Å². The SMILES string of the molecule is CC[C@H]1OC(=O)[C@H](C)[C@@H](O/C=C\Cc2cncnc2)[C@H](C)[C@@H](O[C@H]2O[C@@H](C)C[C@@H](N(C)C)[C@H]2O)[C@](C)(OC)C[C@@H](C)/C(=N\OCc2ccccc2Cl)[C@H](C)[C@@H]2OC(=O)O[C@]12C. The molecule has 15 nitrogen and oxygen atoms in total. The van der Waals surface area contributed by atoms with E-state index in [1.54, 1.807) is 45.7 Å². The Balaban J connectivity index is 1.63. The highest BCUT2D eigenvalue weighted by molar-refractivity contribution is 6.31. The minimum Gasteiger partial charge on any atom is -0.497 e. The first-order valence-electron chi connectivity index (χ1n) is 21.2. The van der Waals surface area contributed by atoms with Gasteiger partial charge in [0.05, 0.1) is 35.7 Å². The van der Waals surface area contributed by atoms with Gasteiger partial charge in [-0.3, -0.25) is 4.79 Å². The van der Waals surface area contributed by atoms with Gasteiger partial charge in [-0.15, -0.1) is 0 Å². The minimum absolute atomic E-state index is 0.0736. The smallest absolute Gasteiger partial charge is 0.497 e. The maximum absolute atomic E-state index is 14.5. The molecule has 1 N–H and O–H groups in total. The van der Waals surface area contributed by atoms with Gasteiger partial charge in [0.15, 0.2) is 18.0 Å². The zero-order chi connectivity index (χ0) is 44.6. The van der Waals surface area contributed by atoms with Crippen LogP contribution < -0.4 is 0 Å². The van der Waals surface area contributed by atoms with Crippen molar-refractivity contribution >= 4 is 29.4 Å². The molecule has 4 heterocycles. The van der Waals surface area contributed by atoms with Crippen molar-refractivity contribution in [3.63, 3.8) is 0 Å². The maximum Gasteiger partial charge on any atom is 0.509 e. The Morgan fingerprint density at radius 1 is 1.05 bits per heavy atom. The van der Waals surface area contributed by atoms with Crippen LogP contribution in [0.15, 0.2) is 60.5 Å². The summed E-state index contributed by atoms with van der Waals surface area (Å²) in [6, 6.07) is 7.07. The molecule has 0 aliphatic carbocycles. The van der Waals surface area contributed by atoms with E-state index in [2.05, 4.69) is 9.97 Å². The number of oxime groups is 1. The van der Waals surface area contributed by atoms with Crippen LogP contribution in [0, 0.1) is 23.7 Å². The van der Waals surface area contributed by atoms with E-state index in [9.17, 15) is 14.7 Å². The molecular formula is C45H65ClN4O11. The molecule has 14 atom stereocenters. The fourth-order valence-corrected chi connectivity index (χ4v) is 9.36. The summed E-state index contributed by atoms with van der Waals surface area (Å²) >= 11 is 6.48. The number of hydrogen-bond donors (Lipinski definition) is 1. The molecule has 1 aromatic heterocycles. The number of rotatable bonds is 12. The van der Waals surface area contributed by atoms with E-state index >= 15 is 0 Å². The fraction of sp³-hybridized carbons (Fsp3) is 0.667. The van der Waals surface area contributed by atoms with Gasteiger partial charge in [-0.2, -0.15) is 0 Å². The molecule has 5 rings (SSSR count). The van der Waals surface area contributed by atoms with E-state index in [-0.39, 0.29) is 25.2 Å². The van der Waals surface area contributed by atoms with Crippen molar-refractivity contribution in [2.45, 2.75) is 148 Å². The predicted octanol–water partition coefficient (Wildman–Crippen LogP) is 6.92. The number of aliphatic hydroxyl groups is 1. The van der Waals surface area contributed by atoms with Crippen molar-refractivity contribution in [3.8, 4) is 0 Å². The molecule has 0 saturated carbocycles. The third-order valence-corrected chi connectivity index (χ3v) is 13.0. The number of halogens is 1. The number of ether oxygens (including phenoxy) is 7. The van der Waals surface area contributed by atoms with Crippen molar-refractivity contribution in [1.29, 1.82) is 0 Å². The second-order valence-corrected chi connectivity index (χ2v) is 17.8. The van der Waals surface area contributed by atoms with Crippen LogP contribution in [0.3, 0.4) is 0 Å². The number of methoxy groups -OCH3 is 1. The van der Waals surface area contributed by atoms with Gasteiger partial charge in [-0.1, -0.05) is 62.7 Å². The molecule has 3 aliphatic heterocycles. The van der Waals surface area contributed by atoms with Crippen LogP contribution >= 0.6 is 11.6 Å². The summed E-state index contributed by atoms with van der Waals surface area (Å²) in [7, 11) is 5.42. The number of aromatic nitrogens is 2. The standard InChI is InChI=1S/C45H65ClN4O11/c1-12-35-45(8)40(60-43(53)61-45)28(4)36(49-56-24-32-17-13-14-18-33(32)46)26(2)21-44(7,54-11)39(59-42-37(51)34(50(9)10)20-27(3)57-42)29(5)38(30(6)41(52)58-35)55-19-15-16-31-22-47-25-48-23-31/h13-15,17-19,22-23,25-30,34-35,37-40,42,51H,12,16,20-21,24H2,1-11H3/b19-15-,49-36+/t26-,27+,28+,29+,30-,34-,35-,37-,38+,39-,40+,42-,44-,45-/m1/s1. The highest BCUT2D eigenvalue weighted by Gasteiger charge is 2.59. The van der Waals surface area contributed by atoms with Gasteiger partial charge in [0.25, 0.3) is 0 Å². The van der Waals surface area contributed by atoms with Crippen LogP contribution in [0.2, 0.25) is 5.02 Å². The van der Waals surface area contributed by atoms with Crippen LogP contribution in [-0.2, 0) is 55.8 Å². The largest absolute Gasteiger partial charge is 0.509 e. The minimum atomic E-state index is -1.40. The van der Waals surface area contributed by atoms with E-state index in [0.717, 1.165) is 11.1 Å². The Morgan fingerprint density at radius 2 is 1.75 bits per heavy atom. The average Bonchev–Trinajstić information content (AvgIpc) is 3.55. The number of cyclic esters (lactones) is 1. The molecule has 0 spiro atoms. The van der Waals surface area contributed by atoms with E-state index in [1.807, 2.05) is 84.8 Å². The second kappa shape index (κ2) is 21.0. The van der Waals surface area contributed by atoms with Crippen LogP contribution in [0.4, 0.5) is 4.79 Å². The molecule has 3 aliphatic rings. The van der Waals surface area contributed by atoms with Crippen LogP contribution in [-0.4, -0.2) is 119 Å². The fourth-order valence-electron chi connectivity index (χ4n) is 9.17. The molecule has 61 heavy (non-hydrogen) atoms. The summed E-state index contributed by atoms with van der Waals surface area (Å²) in [6.45, 7) is 15.1. The lowest BCUT2D eigenvalue weighted by molar-refractivity contribution is -0.301. The summed E-state index contributed by atoms with van der Waals surface area (Å²) in [4.78, 5) is 43.8. The van der Waals surface area contributed by atoms with Gasteiger partial charge in [-0.05, 0) is 85.2 Å². The molecule has 2 aromatic rings. The molecule has 3 saturated heterocycles. The number of likely N-dealkylation sites (N-methyl/N-ethyl adjacent to an activating group) is 1. The van der Waals surface area contributed by atoms with Gasteiger partial charge in [0, 0.05) is 53.9 Å². The predicted molar refractivity (Wildman–Crippen MR) is 227 cm³/mol. The molecule has 16 heteroatoms.